The molecule has 0 bridgehead atoms. The summed E-state index contributed by atoms with van der Waals surface area (Å²) in [5, 5.41) is 2.95. The van der Waals surface area contributed by atoms with Gasteiger partial charge in [0.1, 0.15) is 6.10 Å². The molecule has 18 heavy (non-hydrogen) atoms. The second-order valence-corrected chi connectivity index (χ2v) is 5.39. The van der Waals surface area contributed by atoms with E-state index in [0.29, 0.717) is 18.4 Å². The number of hydrogen-bond acceptors (Lipinski definition) is 3. The Morgan fingerprint density at radius 1 is 1.06 bits per heavy atom. The minimum atomic E-state index is -0.236. The summed E-state index contributed by atoms with van der Waals surface area (Å²) in [6, 6.07) is -0.0804. The summed E-state index contributed by atoms with van der Waals surface area (Å²) in [5.74, 6) is -0.261. The van der Waals surface area contributed by atoms with Crippen LogP contribution in [0.5, 0.6) is 0 Å². The van der Waals surface area contributed by atoms with Gasteiger partial charge in [-0.15, -0.1) is 0 Å². The van der Waals surface area contributed by atoms with Crippen LogP contribution in [0.25, 0.3) is 0 Å². The normalized spacial score (nSPS) is 27.3. The van der Waals surface area contributed by atoms with Gasteiger partial charge in [-0.2, -0.15) is 0 Å². The van der Waals surface area contributed by atoms with Crippen molar-refractivity contribution in [3.8, 4) is 0 Å². The zero-order valence-electron chi connectivity index (χ0n) is 11.3. The van der Waals surface area contributed by atoms with E-state index < -0.39 is 0 Å². The molecule has 0 aromatic carbocycles. The van der Waals surface area contributed by atoms with Crippen molar-refractivity contribution < 1.29 is 14.3 Å². The van der Waals surface area contributed by atoms with Crippen molar-refractivity contribution in [2.75, 3.05) is 0 Å². The van der Waals surface area contributed by atoms with Crippen molar-refractivity contribution >= 4 is 11.9 Å². The van der Waals surface area contributed by atoms with Crippen molar-refractivity contribution in [1.29, 1.82) is 0 Å². The summed E-state index contributed by atoms with van der Waals surface area (Å²) in [6.07, 6.45) is 0.886. The molecular weight excluding hydrogens is 230 g/mol. The van der Waals surface area contributed by atoms with Gasteiger partial charge in [-0.1, -0.05) is 11.1 Å². The molecule has 4 nitrogen and oxygen atoms in total. The minimum Gasteiger partial charge on any atom is -0.456 e. The molecule has 2 heterocycles. The molecule has 4 heteroatoms. The van der Waals surface area contributed by atoms with Gasteiger partial charge in [0.05, 0.1) is 6.04 Å². The summed E-state index contributed by atoms with van der Waals surface area (Å²) < 4.78 is 5.45. The number of carbonyl (C=O) groups is 2. The van der Waals surface area contributed by atoms with Crippen molar-refractivity contribution in [1.82, 2.24) is 5.32 Å². The zero-order chi connectivity index (χ0) is 13.4. The molecule has 98 valence electrons. The van der Waals surface area contributed by atoms with E-state index in [2.05, 4.69) is 5.32 Å². The van der Waals surface area contributed by atoms with E-state index in [-0.39, 0.29) is 24.0 Å². The molecule has 1 N–H and O–H groups in total. The van der Waals surface area contributed by atoms with E-state index in [1.807, 2.05) is 27.7 Å². The standard InChI is InChI=1S/C14H19NO3/c1-7(2)9-6-12-11(15-13(9)16)5-10(8(3)4)14(17)18-12/h11-12H,5-6H2,1-4H3,(H,15,16)/t11-,12-/m0/s1. The average molecular weight is 249 g/mol. The fourth-order valence-electron chi connectivity index (χ4n) is 2.44. The van der Waals surface area contributed by atoms with Crippen LogP contribution in [0, 0.1) is 0 Å². The van der Waals surface area contributed by atoms with Gasteiger partial charge in [0.2, 0.25) is 5.91 Å². The molecule has 0 aliphatic carbocycles. The fourth-order valence-corrected chi connectivity index (χ4v) is 2.44. The van der Waals surface area contributed by atoms with Crippen molar-refractivity contribution in [3.63, 3.8) is 0 Å². The second-order valence-electron chi connectivity index (χ2n) is 5.39. The lowest BCUT2D eigenvalue weighted by Gasteiger charge is -2.37. The Balaban J connectivity index is 2.25. The molecule has 2 aliphatic heterocycles. The zero-order valence-corrected chi connectivity index (χ0v) is 11.3. The largest absolute Gasteiger partial charge is 0.456 e. The quantitative estimate of drug-likeness (QED) is 0.526. The number of amides is 1. The number of hydrogen-bond donors (Lipinski definition) is 1. The highest BCUT2D eigenvalue weighted by Crippen LogP contribution is 2.30. The van der Waals surface area contributed by atoms with Gasteiger partial charge in [-0.3, -0.25) is 4.79 Å². The highest BCUT2D eigenvalue weighted by atomic mass is 16.5. The van der Waals surface area contributed by atoms with Crippen LogP contribution >= 0.6 is 0 Å². The van der Waals surface area contributed by atoms with Crippen LogP contribution in [-0.2, 0) is 14.3 Å². The first-order valence-corrected chi connectivity index (χ1v) is 6.24. The lowest BCUT2D eigenvalue weighted by Crippen LogP contribution is -2.54. The van der Waals surface area contributed by atoms with Gasteiger partial charge < -0.3 is 10.1 Å². The molecule has 0 unspecified atom stereocenters. The van der Waals surface area contributed by atoms with Gasteiger partial charge in [-0.05, 0) is 27.7 Å². The van der Waals surface area contributed by atoms with Gasteiger partial charge in [0.25, 0.3) is 0 Å². The van der Waals surface area contributed by atoms with Crippen LogP contribution in [0.15, 0.2) is 22.3 Å². The Hall–Kier alpha value is -1.58. The lowest BCUT2D eigenvalue weighted by atomic mass is 9.87. The third-order valence-electron chi connectivity index (χ3n) is 3.58. The number of ether oxygens (including phenoxy) is 1. The molecule has 0 saturated carbocycles. The smallest absolute Gasteiger partial charge is 0.334 e. The van der Waals surface area contributed by atoms with Crippen molar-refractivity contribution in [3.05, 3.63) is 22.3 Å². The Morgan fingerprint density at radius 2 is 1.67 bits per heavy atom. The first-order valence-electron chi connectivity index (χ1n) is 6.24. The molecule has 2 saturated heterocycles. The predicted octanol–water partition coefficient (Wildman–Crippen LogP) is 1.86. The Bertz CT molecular complexity index is 421. The monoisotopic (exact) mass is 249 g/mol. The summed E-state index contributed by atoms with van der Waals surface area (Å²) in [4.78, 5) is 23.8. The van der Waals surface area contributed by atoms with Crippen molar-refractivity contribution in [2.45, 2.75) is 52.7 Å². The summed E-state index contributed by atoms with van der Waals surface area (Å²) in [7, 11) is 0. The van der Waals surface area contributed by atoms with E-state index in [9.17, 15) is 9.59 Å². The first kappa shape index (κ1) is 12.9. The molecule has 0 aromatic heterocycles. The molecule has 1 amide bonds. The number of allylic oxidation sites excluding steroid dienone is 2. The third-order valence-corrected chi connectivity index (χ3v) is 3.58. The van der Waals surface area contributed by atoms with E-state index >= 15 is 0 Å². The van der Waals surface area contributed by atoms with Crippen LogP contribution in [0.3, 0.4) is 0 Å². The number of rotatable bonds is 0. The van der Waals surface area contributed by atoms with Crippen molar-refractivity contribution in [2.24, 2.45) is 0 Å². The van der Waals surface area contributed by atoms with Crippen LogP contribution in [-0.4, -0.2) is 24.0 Å². The first-order chi connectivity index (χ1) is 8.40. The van der Waals surface area contributed by atoms with E-state index in [1.54, 1.807) is 0 Å². The Labute approximate surface area is 107 Å². The molecule has 2 fully saturated rings. The average Bonchev–Trinajstić information content (AvgIpc) is 2.27. The highest BCUT2D eigenvalue weighted by molar-refractivity contribution is 5.97. The SMILES string of the molecule is CC(C)=C1C[C@@H]2OC(=O)C(=C(C)C)C[C@@H]2NC1=O. The van der Waals surface area contributed by atoms with Gasteiger partial charge in [-0.25, -0.2) is 4.79 Å². The molecule has 2 atom stereocenters. The van der Waals surface area contributed by atoms with Crippen LogP contribution in [0.1, 0.15) is 40.5 Å². The molecular formula is C14H19NO3. The number of carbonyl (C=O) groups excluding carboxylic acids is 2. The number of esters is 1. The topological polar surface area (TPSA) is 55.4 Å². The number of fused-ring (bicyclic) bond motifs is 1. The highest BCUT2D eigenvalue weighted by Gasteiger charge is 2.40. The summed E-state index contributed by atoms with van der Waals surface area (Å²) in [6.45, 7) is 7.59. The summed E-state index contributed by atoms with van der Waals surface area (Å²) in [5.41, 5.74) is 3.37. The van der Waals surface area contributed by atoms with E-state index in [1.165, 1.54) is 0 Å². The van der Waals surface area contributed by atoms with Crippen LogP contribution in [0.4, 0.5) is 0 Å². The van der Waals surface area contributed by atoms with Gasteiger partial charge in [0.15, 0.2) is 0 Å². The molecule has 2 aliphatic rings. The summed E-state index contributed by atoms with van der Waals surface area (Å²) >= 11 is 0. The second kappa shape index (κ2) is 4.59. The predicted molar refractivity (Wildman–Crippen MR) is 67.8 cm³/mol. The minimum absolute atomic E-state index is 0.0256. The fraction of sp³-hybridized carbons (Fsp3) is 0.571. The molecule has 2 rings (SSSR count). The van der Waals surface area contributed by atoms with Gasteiger partial charge >= 0.3 is 5.97 Å². The van der Waals surface area contributed by atoms with E-state index in [0.717, 1.165) is 16.7 Å². The van der Waals surface area contributed by atoms with Crippen LogP contribution in [0.2, 0.25) is 0 Å². The Kier molecular flexibility index (Phi) is 3.28. The third kappa shape index (κ3) is 2.19. The number of piperidine rings is 1. The lowest BCUT2D eigenvalue weighted by molar-refractivity contribution is -0.152. The molecule has 0 aromatic rings. The maximum Gasteiger partial charge on any atom is 0.334 e. The molecule has 0 radical (unpaired) electrons. The maximum absolute atomic E-state index is 11.9. The van der Waals surface area contributed by atoms with E-state index in [4.69, 9.17) is 4.74 Å². The Morgan fingerprint density at radius 3 is 2.22 bits per heavy atom. The molecule has 0 spiro atoms. The number of nitrogens with one attached hydrogen (secondary N) is 1. The van der Waals surface area contributed by atoms with Crippen LogP contribution < -0.4 is 5.32 Å². The van der Waals surface area contributed by atoms with Gasteiger partial charge in [0, 0.05) is 24.0 Å². The maximum atomic E-state index is 11.9.